The summed E-state index contributed by atoms with van der Waals surface area (Å²) in [5.41, 5.74) is 11.2. The quantitative estimate of drug-likeness (QED) is 0.171. The van der Waals surface area contributed by atoms with E-state index in [-0.39, 0.29) is 0 Å². The molecule has 0 aliphatic carbocycles. The number of aromatic nitrogens is 4. The fourth-order valence-corrected chi connectivity index (χ4v) is 9.21. The lowest BCUT2D eigenvalue weighted by molar-refractivity contribution is 1.07. The molecule has 0 aliphatic rings. The minimum absolute atomic E-state index is 0.653. The normalized spacial score (nSPS) is 11.6. The summed E-state index contributed by atoms with van der Waals surface area (Å²) in [6.45, 7) is 0. The third kappa shape index (κ3) is 5.40. The van der Waals surface area contributed by atoms with Crippen LogP contribution in [0.3, 0.4) is 0 Å². The Bertz CT molecular complexity index is 3180. The van der Waals surface area contributed by atoms with Crippen molar-refractivity contribution in [3.05, 3.63) is 194 Å². The first-order valence-electron chi connectivity index (χ1n) is 18.8. The van der Waals surface area contributed by atoms with E-state index in [1.54, 1.807) is 0 Å². The van der Waals surface area contributed by atoms with Crippen LogP contribution in [0.4, 0.5) is 0 Å². The fourth-order valence-electron chi connectivity index (χ4n) is 8.09. The van der Waals surface area contributed by atoms with Crippen LogP contribution in [-0.2, 0) is 0 Å². The van der Waals surface area contributed by atoms with Gasteiger partial charge in [0.15, 0.2) is 17.5 Å². The van der Waals surface area contributed by atoms with Gasteiger partial charge in [-0.3, -0.25) is 0 Å². The van der Waals surface area contributed by atoms with Gasteiger partial charge in [0.05, 0.1) is 11.0 Å². The van der Waals surface area contributed by atoms with Gasteiger partial charge in [0.25, 0.3) is 0 Å². The molecular formula is C51H32N4S. The molecule has 262 valence electrons. The zero-order valence-electron chi connectivity index (χ0n) is 30.2. The highest BCUT2D eigenvalue weighted by Gasteiger charge is 2.19. The number of thiophene rings is 1. The summed E-state index contributed by atoms with van der Waals surface area (Å²) in [4.78, 5) is 15.0. The molecule has 56 heavy (non-hydrogen) atoms. The van der Waals surface area contributed by atoms with E-state index in [1.165, 1.54) is 64.2 Å². The molecule has 0 radical (unpaired) electrons. The van der Waals surface area contributed by atoms with Crippen molar-refractivity contribution in [2.45, 2.75) is 0 Å². The van der Waals surface area contributed by atoms with E-state index in [2.05, 4.69) is 138 Å². The molecule has 0 spiro atoms. The highest BCUT2D eigenvalue weighted by atomic mass is 32.1. The number of nitrogens with zero attached hydrogens (tertiary/aromatic N) is 4. The van der Waals surface area contributed by atoms with Gasteiger partial charge in [-0.15, -0.1) is 11.3 Å². The van der Waals surface area contributed by atoms with Crippen LogP contribution in [0.25, 0.3) is 104 Å². The van der Waals surface area contributed by atoms with Crippen LogP contribution in [0.5, 0.6) is 0 Å². The smallest absolute Gasteiger partial charge is 0.164 e. The molecule has 8 aromatic carbocycles. The first-order valence-corrected chi connectivity index (χ1v) is 19.6. The summed E-state index contributed by atoms with van der Waals surface area (Å²) in [6.07, 6.45) is 0. The fraction of sp³-hybridized carbons (Fsp3) is 0. The van der Waals surface area contributed by atoms with Crippen LogP contribution >= 0.6 is 11.3 Å². The van der Waals surface area contributed by atoms with Crippen molar-refractivity contribution < 1.29 is 0 Å². The monoisotopic (exact) mass is 732 g/mol. The molecule has 0 saturated heterocycles. The Morgan fingerprint density at radius 1 is 0.339 bits per heavy atom. The maximum absolute atomic E-state index is 5.05. The summed E-state index contributed by atoms with van der Waals surface area (Å²) in [6, 6.07) is 68.7. The molecule has 0 N–H and O–H groups in total. The maximum Gasteiger partial charge on any atom is 0.164 e. The Kier molecular flexibility index (Phi) is 7.64. The largest absolute Gasteiger partial charge is 0.309 e. The highest BCUT2D eigenvalue weighted by molar-refractivity contribution is 7.26. The lowest BCUT2D eigenvalue weighted by Crippen LogP contribution is -2.00. The first-order chi connectivity index (χ1) is 27.8. The summed E-state index contributed by atoms with van der Waals surface area (Å²) in [7, 11) is 0. The molecule has 3 heterocycles. The van der Waals surface area contributed by atoms with Crippen LogP contribution in [0.15, 0.2) is 194 Å². The summed E-state index contributed by atoms with van der Waals surface area (Å²) >= 11 is 1.82. The Morgan fingerprint density at radius 2 is 0.893 bits per heavy atom. The Morgan fingerprint density at radius 3 is 1.62 bits per heavy atom. The molecular weight excluding hydrogens is 701 g/mol. The molecule has 11 rings (SSSR count). The van der Waals surface area contributed by atoms with Gasteiger partial charge in [-0.2, -0.15) is 0 Å². The van der Waals surface area contributed by atoms with Crippen LogP contribution in [0.1, 0.15) is 0 Å². The van der Waals surface area contributed by atoms with Crippen molar-refractivity contribution in [2.75, 3.05) is 0 Å². The van der Waals surface area contributed by atoms with Crippen LogP contribution < -0.4 is 0 Å². The molecule has 0 saturated carbocycles. The second kappa shape index (κ2) is 13.3. The zero-order valence-corrected chi connectivity index (χ0v) is 31.0. The number of para-hydroxylation sites is 2. The highest BCUT2D eigenvalue weighted by Crippen LogP contribution is 2.45. The molecule has 4 nitrogen and oxygen atoms in total. The molecule has 3 aromatic heterocycles. The number of fused-ring (bicyclic) bond motifs is 6. The maximum atomic E-state index is 5.05. The summed E-state index contributed by atoms with van der Waals surface area (Å²) < 4.78 is 4.84. The Balaban J connectivity index is 1.08. The van der Waals surface area contributed by atoms with E-state index in [0.29, 0.717) is 17.5 Å². The Hall–Kier alpha value is -7.21. The van der Waals surface area contributed by atoms with E-state index in [4.69, 9.17) is 15.0 Å². The number of hydrogen-bond acceptors (Lipinski definition) is 4. The molecule has 0 fully saturated rings. The molecule has 0 atom stereocenters. The molecule has 0 unspecified atom stereocenters. The average molecular weight is 733 g/mol. The third-order valence-electron chi connectivity index (χ3n) is 10.7. The second-order valence-corrected chi connectivity index (χ2v) is 15.1. The predicted octanol–water partition coefficient (Wildman–Crippen LogP) is 13.7. The molecule has 0 bridgehead atoms. The van der Waals surface area contributed by atoms with Crippen molar-refractivity contribution >= 4 is 53.3 Å². The summed E-state index contributed by atoms with van der Waals surface area (Å²) in [5, 5.41) is 4.91. The number of hydrogen-bond donors (Lipinski definition) is 0. The molecule has 0 amide bonds. The van der Waals surface area contributed by atoms with Crippen LogP contribution in [0, 0.1) is 0 Å². The second-order valence-electron chi connectivity index (χ2n) is 14.0. The Labute approximate surface area is 327 Å². The van der Waals surface area contributed by atoms with Crippen molar-refractivity contribution in [2.24, 2.45) is 0 Å². The lowest BCUT2D eigenvalue weighted by atomic mass is 9.91. The van der Waals surface area contributed by atoms with E-state index in [0.717, 1.165) is 22.4 Å². The number of rotatable bonds is 6. The predicted molar refractivity (Wildman–Crippen MR) is 234 cm³/mol. The van der Waals surface area contributed by atoms with Gasteiger partial charge in [-0.1, -0.05) is 140 Å². The van der Waals surface area contributed by atoms with E-state index in [1.807, 2.05) is 72.0 Å². The zero-order chi connectivity index (χ0) is 37.0. The van der Waals surface area contributed by atoms with Crippen molar-refractivity contribution in [3.63, 3.8) is 0 Å². The van der Waals surface area contributed by atoms with E-state index in [9.17, 15) is 0 Å². The van der Waals surface area contributed by atoms with Crippen LogP contribution in [-0.4, -0.2) is 19.5 Å². The average Bonchev–Trinajstić information content (AvgIpc) is 3.82. The SMILES string of the molecule is c1ccc(-c2nc(-c3ccccc3)nc(-c3ccc4sc5cccc(-c6ccccc6-c6ccc7c(c6)c6ccccc6n7-c6ccccc6)c5c4c3)n2)cc1. The third-order valence-corrected chi connectivity index (χ3v) is 11.8. The topological polar surface area (TPSA) is 43.6 Å². The van der Waals surface area contributed by atoms with Crippen molar-refractivity contribution in [1.29, 1.82) is 0 Å². The van der Waals surface area contributed by atoms with Gasteiger partial charge in [0, 0.05) is 53.3 Å². The van der Waals surface area contributed by atoms with Crippen LogP contribution in [0.2, 0.25) is 0 Å². The van der Waals surface area contributed by atoms with Gasteiger partial charge in [-0.05, 0) is 76.9 Å². The van der Waals surface area contributed by atoms with Gasteiger partial charge in [0.1, 0.15) is 0 Å². The minimum Gasteiger partial charge on any atom is -0.309 e. The molecule has 0 aliphatic heterocycles. The summed E-state index contributed by atoms with van der Waals surface area (Å²) in [5.74, 6) is 1.96. The molecule has 11 aromatic rings. The van der Waals surface area contributed by atoms with Gasteiger partial charge < -0.3 is 4.57 Å². The van der Waals surface area contributed by atoms with Gasteiger partial charge in [0.2, 0.25) is 0 Å². The van der Waals surface area contributed by atoms with Gasteiger partial charge in [-0.25, -0.2) is 15.0 Å². The van der Waals surface area contributed by atoms with Gasteiger partial charge >= 0.3 is 0 Å². The lowest BCUT2D eigenvalue weighted by Gasteiger charge is -2.13. The standard InChI is InChI=1S/C51H32N4S/c1-4-15-33(16-5-1)49-52-50(34-17-6-2-7-18-34)54-51(53-49)36-28-30-46-43(32-36)48-41(24-14-26-47(48)56-46)39-22-11-10-21-38(39)35-27-29-45-42(31-35)40-23-12-13-25-44(40)55(45)37-19-8-3-9-20-37/h1-32H. The molecule has 5 heteroatoms. The number of benzene rings is 8. The first kappa shape index (κ1) is 32.2. The minimum atomic E-state index is 0.653. The van der Waals surface area contributed by atoms with Crippen molar-refractivity contribution in [3.8, 4) is 62.1 Å². The van der Waals surface area contributed by atoms with Crippen molar-refractivity contribution in [1.82, 2.24) is 19.5 Å². The van der Waals surface area contributed by atoms with E-state index < -0.39 is 0 Å². The van der Waals surface area contributed by atoms with E-state index >= 15 is 0 Å².